The van der Waals surface area contributed by atoms with Gasteiger partial charge in [-0.2, -0.15) is 4.80 Å². The van der Waals surface area contributed by atoms with E-state index in [1.54, 1.807) is 10.9 Å². The van der Waals surface area contributed by atoms with E-state index in [0.29, 0.717) is 16.7 Å². The van der Waals surface area contributed by atoms with Gasteiger partial charge in [0.2, 0.25) is 0 Å². The number of benzene rings is 3. The number of hydrogen-bond acceptors (Lipinski definition) is 5. The minimum absolute atomic E-state index is 0.0232. The number of nitro benzene ring substituents is 1. The largest absolute Gasteiger partial charge is 0.322 e. The Morgan fingerprint density at radius 1 is 1.10 bits per heavy atom. The molecular formula is C22H18ClN5O3. The Morgan fingerprint density at radius 2 is 1.77 bits per heavy atom. The summed E-state index contributed by atoms with van der Waals surface area (Å²) >= 11 is 6.08. The Hall–Kier alpha value is -3.78. The maximum Gasteiger partial charge on any atom is 0.270 e. The monoisotopic (exact) mass is 435 g/mol. The number of fused-ring (bicyclic) bond motifs is 1. The van der Waals surface area contributed by atoms with Crippen molar-refractivity contribution in [2.75, 3.05) is 5.32 Å². The Balaban J connectivity index is 1.65. The van der Waals surface area contributed by atoms with Crippen molar-refractivity contribution in [1.29, 1.82) is 0 Å². The summed E-state index contributed by atoms with van der Waals surface area (Å²) in [7, 11) is 0. The molecule has 4 aromatic rings. The van der Waals surface area contributed by atoms with Crippen molar-refractivity contribution < 1.29 is 9.72 Å². The Bertz CT molecular complexity index is 1310. The van der Waals surface area contributed by atoms with Gasteiger partial charge in [-0.05, 0) is 54.8 Å². The van der Waals surface area contributed by atoms with E-state index >= 15 is 0 Å². The fourth-order valence-electron chi connectivity index (χ4n) is 3.17. The number of aryl methyl sites for hydroxylation is 2. The van der Waals surface area contributed by atoms with Crippen molar-refractivity contribution >= 4 is 39.9 Å². The van der Waals surface area contributed by atoms with Crippen LogP contribution in [0, 0.1) is 17.0 Å². The Kier molecular flexibility index (Phi) is 5.39. The van der Waals surface area contributed by atoms with E-state index in [-0.39, 0.29) is 16.3 Å². The van der Waals surface area contributed by atoms with E-state index in [1.165, 1.54) is 17.7 Å². The highest BCUT2D eigenvalue weighted by molar-refractivity contribution is 6.34. The number of halogens is 1. The summed E-state index contributed by atoms with van der Waals surface area (Å²) in [5.41, 5.74) is 4.45. The van der Waals surface area contributed by atoms with Crippen molar-refractivity contribution in [1.82, 2.24) is 15.0 Å². The topological polar surface area (TPSA) is 103 Å². The molecule has 0 aliphatic heterocycles. The molecular weight excluding hydrogens is 418 g/mol. The number of carbonyl (C=O) groups is 1. The number of amides is 1. The zero-order valence-electron chi connectivity index (χ0n) is 16.8. The van der Waals surface area contributed by atoms with Gasteiger partial charge in [-0.3, -0.25) is 14.9 Å². The van der Waals surface area contributed by atoms with Crippen molar-refractivity contribution in [3.63, 3.8) is 0 Å². The van der Waals surface area contributed by atoms with Gasteiger partial charge in [0.05, 0.1) is 21.2 Å². The van der Waals surface area contributed by atoms with Crippen LogP contribution in [0.2, 0.25) is 5.02 Å². The molecule has 8 nitrogen and oxygen atoms in total. The minimum atomic E-state index is -0.574. The highest BCUT2D eigenvalue weighted by Crippen LogP contribution is 2.26. The van der Waals surface area contributed by atoms with Crippen molar-refractivity contribution in [2.45, 2.75) is 20.3 Å². The van der Waals surface area contributed by atoms with E-state index in [1.807, 2.05) is 37.3 Å². The van der Waals surface area contributed by atoms with E-state index in [4.69, 9.17) is 11.6 Å². The molecule has 9 heteroatoms. The SMILES string of the molecule is CCc1ccc(-n2nc3cc(C)c(NC(=O)c4cc([N+](=O)[O-])ccc4Cl)cc3n2)cc1. The smallest absolute Gasteiger partial charge is 0.270 e. The van der Waals surface area contributed by atoms with E-state index in [9.17, 15) is 14.9 Å². The zero-order valence-corrected chi connectivity index (χ0v) is 17.6. The summed E-state index contributed by atoms with van der Waals surface area (Å²) in [6.45, 7) is 3.92. The molecule has 1 heterocycles. The van der Waals surface area contributed by atoms with Crippen molar-refractivity contribution in [3.05, 3.63) is 86.4 Å². The van der Waals surface area contributed by atoms with Gasteiger partial charge in [-0.25, -0.2) is 0 Å². The van der Waals surface area contributed by atoms with Gasteiger partial charge in [0.1, 0.15) is 11.0 Å². The fourth-order valence-corrected chi connectivity index (χ4v) is 3.38. The molecule has 0 aliphatic rings. The van der Waals surface area contributed by atoms with Crippen LogP contribution in [0.3, 0.4) is 0 Å². The second kappa shape index (κ2) is 8.16. The number of hydrogen-bond donors (Lipinski definition) is 1. The summed E-state index contributed by atoms with van der Waals surface area (Å²) in [6, 6.07) is 15.3. The molecule has 0 aliphatic carbocycles. The first-order valence-electron chi connectivity index (χ1n) is 9.58. The number of non-ortho nitro benzene ring substituents is 1. The molecule has 4 rings (SSSR count). The Labute approximate surface area is 182 Å². The molecule has 31 heavy (non-hydrogen) atoms. The lowest BCUT2D eigenvalue weighted by atomic mass is 10.1. The molecule has 0 radical (unpaired) electrons. The first-order chi connectivity index (χ1) is 14.9. The first kappa shape index (κ1) is 20.5. The maximum absolute atomic E-state index is 12.7. The number of nitro groups is 1. The lowest BCUT2D eigenvalue weighted by molar-refractivity contribution is -0.384. The van der Waals surface area contributed by atoms with Crippen LogP contribution in [0.5, 0.6) is 0 Å². The molecule has 0 saturated carbocycles. The summed E-state index contributed by atoms with van der Waals surface area (Å²) in [5, 5.41) is 22.9. The van der Waals surface area contributed by atoms with Crippen LogP contribution in [0.4, 0.5) is 11.4 Å². The van der Waals surface area contributed by atoms with Gasteiger partial charge in [-0.1, -0.05) is 30.7 Å². The standard InChI is InChI=1S/C22H18ClN5O3/c1-3-14-4-6-15(7-5-14)27-25-20-10-13(2)19(12-21(20)26-27)24-22(29)17-11-16(28(30)31)8-9-18(17)23/h4-12H,3H2,1-2H3,(H,24,29). The number of carbonyl (C=O) groups excluding carboxylic acids is 1. The zero-order chi connectivity index (χ0) is 22.1. The molecule has 1 N–H and O–H groups in total. The quantitative estimate of drug-likeness (QED) is 0.346. The number of nitrogens with one attached hydrogen (secondary N) is 1. The predicted octanol–water partition coefficient (Wildman–Crippen LogP) is 5.11. The number of nitrogens with zero attached hydrogens (tertiary/aromatic N) is 4. The summed E-state index contributed by atoms with van der Waals surface area (Å²) in [4.78, 5) is 24.7. The fraction of sp³-hybridized carbons (Fsp3) is 0.136. The molecule has 1 aromatic heterocycles. The van der Waals surface area contributed by atoms with Gasteiger partial charge >= 0.3 is 0 Å². The molecule has 0 unspecified atom stereocenters. The lowest BCUT2D eigenvalue weighted by Gasteiger charge is -2.09. The predicted molar refractivity (Wildman–Crippen MR) is 119 cm³/mol. The average Bonchev–Trinajstić information content (AvgIpc) is 3.16. The van der Waals surface area contributed by atoms with Crippen molar-refractivity contribution in [2.24, 2.45) is 0 Å². The third-order valence-electron chi connectivity index (χ3n) is 4.96. The average molecular weight is 436 g/mol. The van der Waals surface area contributed by atoms with Gasteiger partial charge in [0.15, 0.2) is 0 Å². The highest BCUT2D eigenvalue weighted by Gasteiger charge is 2.17. The van der Waals surface area contributed by atoms with Crippen LogP contribution >= 0.6 is 11.6 Å². The van der Waals surface area contributed by atoms with Crippen LogP contribution in [0.15, 0.2) is 54.6 Å². The van der Waals surface area contributed by atoms with Gasteiger partial charge in [0, 0.05) is 17.8 Å². The molecule has 156 valence electrons. The number of rotatable bonds is 5. The van der Waals surface area contributed by atoms with E-state index in [0.717, 1.165) is 23.7 Å². The van der Waals surface area contributed by atoms with Gasteiger partial charge in [0.25, 0.3) is 11.6 Å². The first-order valence-corrected chi connectivity index (χ1v) is 9.96. The number of aromatic nitrogens is 3. The molecule has 0 atom stereocenters. The second-order valence-electron chi connectivity index (χ2n) is 7.04. The molecule has 0 bridgehead atoms. The number of anilines is 1. The molecule has 1 amide bonds. The molecule has 0 saturated heterocycles. The van der Waals surface area contributed by atoms with Crippen molar-refractivity contribution in [3.8, 4) is 5.69 Å². The van der Waals surface area contributed by atoms with Crippen LogP contribution < -0.4 is 5.32 Å². The highest BCUT2D eigenvalue weighted by atomic mass is 35.5. The lowest BCUT2D eigenvalue weighted by Crippen LogP contribution is -2.13. The van der Waals surface area contributed by atoms with Crippen LogP contribution in [0.25, 0.3) is 16.7 Å². The summed E-state index contributed by atoms with van der Waals surface area (Å²) in [6.07, 6.45) is 0.950. The summed E-state index contributed by atoms with van der Waals surface area (Å²) < 4.78 is 0. The van der Waals surface area contributed by atoms with Gasteiger partial charge < -0.3 is 5.32 Å². The second-order valence-corrected chi connectivity index (χ2v) is 7.45. The van der Waals surface area contributed by atoms with Gasteiger partial charge in [-0.15, -0.1) is 10.2 Å². The molecule has 0 fully saturated rings. The molecule has 0 spiro atoms. The Morgan fingerprint density at radius 3 is 2.42 bits per heavy atom. The van der Waals surface area contributed by atoms with Crippen LogP contribution in [-0.2, 0) is 6.42 Å². The molecule has 3 aromatic carbocycles. The van der Waals surface area contributed by atoms with E-state index < -0.39 is 10.8 Å². The summed E-state index contributed by atoms with van der Waals surface area (Å²) in [5.74, 6) is -0.543. The maximum atomic E-state index is 12.7. The van der Waals surface area contributed by atoms with Crippen LogP contribution in [-0.4, -0.2) is 25.8 Å². The van der Waals surface area contributed by atoms with E-state index in [2.05, 4.69) is 22.4 Å². The normalized spacial score (nSPS) is 10.9. The van der Waals surface area contributed by atoms with Crippen LogP contribution in [0.1, 0.15) is 28.4 Å². The minimum Gasteiger partial charge on any atom is -0.322 e. The third kappa shape index (κ3) is 4.10. The third-order valence-corrected chi connectivity index (χ3v) is 5.29.